The fraction of sp³-hybridized carbons (Fsp3) is 0.133. The van der Waals surface area contributed by atoms with Crippen LogP contribution in [0.1, 0.15) is 23.7 Å². The van der Waals surface area contributed by atoms with Crippen molar-refractivity contribution in [1.29, 1.82) is 0 Å². The number of hydrogen-bond acceptors (Lipinski definition) is 4. The summed E-state index contributed by atoms with van der Waals surface area (Å²) in [5.74, 6) is 0.533. The summed E-state index contributed by atoms with van der Waals surface area (Å²) in [6, 6.07) is 10.6. The third-order valence-corrected chi connectivity index (χ3v) is 3.08. The molecule has 0 aliphatic heterocycles. The fourth-order valence-electron chi connectivity index (χ4n) is 1.76. The predicted molar refractivity (Wildman–Crippen MR) is 79.2 cm³/mol. The lowest BCUT2D eigenvalue weighted by Crippen LogP contribution is -1.96. The number of nitro groups is 1. The number of nitrogens with zero attached hydrogens (tertiary/aromatic N) is 1. The van der Waals surface area contributed by atoms with Crippen molar-refractivity contribution in [3.05, 3.63) is 63.2 Å². The first-order valence-corrected chi connectivity index (χ1v) is 6.64. The summed E-state index contributed by atoms with van der Waals surface area (Å²) in [6.45, 7) is 1.78. The van der Waals surface area contributed by atoms with Gasteiger partial charge in [-0.05, 0) is 36.4 Å². The number of carbonyl (C=O) groups excluding carboxylic acids is 1. The van der Waals surface area contributed by atoms with Gasteiger partial charge in [0.15, 0.2) is 5.78 Å². The average Bonchev–Trinajstić information content (AvgIpc) is 2.49. The third-order valence-electron chi connectivity index (χ3n) is 2.84. The van der Waals surface area contributed by atoms with Crippen LogP contribution in [0.2, 0.25) is 5.02 Å². The smallest absolute Gasteiger partial charge is 0.313 e. The molecular formula is C15H12ClNO4. The molecule has 5 nitrogen and oxygen atoms in total. The molecule has 21 heavy (non-hydrogen) atoms. The first-order chi connectivity index (χ1) is 10.0. The Bertz CT molecular complexity index is 683. The van der Waals surface area contributed by atoms with E-state index < -0.39 is 4.92 Å². The first-order valence-electron chi connectivity index (χ1n) is 6.26. The molecule has 2 aromatic carbocycles. The van der Waals surface area contributed by atoms with E-state index in [-0.39, 0.29) is 22.2 Å². The average molecular weight is 306 g/mol. The zero-order valence-corrected chi connectivity index (χ0v) is 12.0. The Kier molecular flexibility index (Phi) is 4.55. The van der Waals surface area contributed by atoms with Gasteiger partial charge < -0.3 is 4.74 Å². The highest BCUT2D eigenvalue weighted by atomic mass is 35.5. The van der Waals surface area contributed by atoms with Crippen LogP contribution in [0.15, 0.2) is 42.5 Å². The molecule has 6 heteroatoms. The molecule has 0 saturated carbocycles. The van der Waals surface area contributed by atoms with Gasteiger partial charge in [0.2, 0.25) is 5.75 Å². The summed E-state index contributed by atoms with van der Waals surface area (Å²) in [4.78, 5) is 21.9. The van der Waals surface area contributed by atoms with Crippen LogP contribution in [0.25, 0.3) is 0 Å². The van der Waals surface area contributed by atoms with Gasteiger partial charge in [-0.15, -0.1) is 0 Å². The van der Waals surface area contributed by atoms with Crippen LogP contribution >= 0.6 is 11.6 Å². The van der Waals surface area contributed by atoms with Crippen molar-refractivity contribution in [3.8, 4) is 11.5 Å². The number of hydrogen-bond donors (Lipinski definition) is 0. The van der Waals surface area contributed by atoms with E-state index in [4.69, 9.17) is 16.3 Å². The van der Waals surface area contributed by atoms with Crippen LogP contribution in [0.5, 0.6) is 11.5 Å². The van der Waals surface area contributed by atoms with E-state index in [1.807, 2.05) is 0 Å². The molecule has 0 aliphatic rings. The van der Waals surface area contributed by atoms with Crippen LogP contribution < -0.4 is 4.74 Å². The maximum atomic E-state index is 11.5. The second-order valence-corrected chi connectivity index (χ2v) is 4.71. The van der Waals surface area contributed by atoms with Gasteiger partial charge in [0.25, 0.3) is 0 Å². The van der Waals surface area contributed by atoms with Crippen LogP contribution in [-0.4, -0.2) is 10.7 Å². The summed E-state index contributed by atoms with van der Waals surface area (Å²) in [5, 5.41) is 11.2. The molecule has 2 aromatic rings. The van der Waals surface area contributed by atoms with E-state index in [2.05, 4.69) is 0 Å². The molecule has 0 aromatic heterocycles. The monoisotopic (exact) mass is 305 g/mol. The van der Waals surface area contributed by atoms with E-state index in [1.54, 1.807) is 31.2 Å². The molecule has 0 bridgehead atoms. The molecule has 108 valence electrons. The highest BCUT2D eigenvalue weighted by Gasteiger charge is 2.16. The van der Waals surface area contributed by atoms with Gasteiger partial charge in [0.1, 0.15) is 5.75 Å². The van der Waals surface area contributed by atoms with Crippen molar-refractivity contribution >= 4 is 23.1 Å². The Balaban J connectivity index is 2.26. The predicted octanol–water partition coefficient (Wildman–Crippen LogP) is 4.63. The third kappa shape index (κ3) is 3.58. The minimum absolute atomic E-state index is 0.0269. The topological polar surface area (TPSA) is 69.4 Å². The van der Waals surface area contributed by atoms with Crippen LogP contribution in [0.3, 0.4) is 0 Å². The lowest BCUT2D eigenvalue weighted by Gasteiger charge is -2.07. The highest BCUT2D eigenvalue weighted by molar-refractivity contribution is 6.30. The van der Waals surface area contributed by atoms with E-state index in [0.717, 1.165) is 0 Å². The second kappa shape index (κ2) is 6.37. The van der Waals surface area contributed by atoms with Crippen LogP contribution in [-0.2, 0) is 0 Å². The Morgan fingerprint density at radius 1 is 1.24 bits per heavy atom. The van der Waals surface area contributed by atoms with Crippen LogP contribution in [0, 0.1) is 10.1 Å². The van der Waals surface area contributed by atoms with Gasteiger partial charge in [0.05, 0.1) is 4.92 Å². The summed E-state index contributed by atoms with van der Waals surface area (Å²) in [6.07, 6.45) is 0.420. The molecule has 0 amide bonds. The van der Waals surface area contributed by atoms with E-state index in [1.165, 1.54) is 18.2 Å². The molecule has 0 atom stereocenters. The molecule has 0 fully saturated rings. The van der Waals surface area contributed by atoms with Crippen molar-refractivity contribution in [2.45, 2.75) is 13.3 Å². The van der Waals surface area contributed by atoms with E-state index in [9.17, 15) is 14.9 Å². The maximum absolute atomic E-state index is 11.5. The Hall–Kier alpha value is -2.40. The molecule has 0 radical (unpaired) electrons. The first kappa shape index (κ1) is 15.0. The zero-order valence-electron chi connectivity index (χ0n) is 11.2. The molecule has 0 N–H and O–H groups in total. The van der Waals surface area contributed by atoms with E-state index >= 15 is 0 Å². The molecule has 0 saturated heterocycles. The summed E-state index contributed by atoms with van der Waals surface area (Å²) in [7, 11) is 0. The number of ether oxygens (including phenoxy) is 1. The van der Waals surface area contributed by atoms with Crippen molar-refractivity contribution in [3.63, 3.8) is 0 Å². The van der Waals surface area contributed by atoms with Gasteiger partial charge in [0, 0.05) is 23.1 Å². The normalized spacial score (nSPS) is 10.2. The van der Waals surface area contributed by atoms with Crippen molar-refractivity contribution in [1.82, 2.24) is 0 Å². The van der Waals surface area contributed by atoms with E-state index in [0.29, 0.717) is 17.7 Å². The van der Waals surface area contributed by atoms with Gasteiger partial charge in [-0.2, -0.15) is 0 Å². The van der Waals surface area contributed by atoms with Crippen molar-refractivity contribution < 1.29 is 14.5 Å². The molecular weight excluding hydrogens is 294 g/mol. The maximum Gasteiger partial charge on any atom is 0.313 e. The van der Waals surface area contributed by atoms with Gasteiger partial charge in [-0.25, -0.2) is 0 Å². The number of Topliss-reactive ketones (excluding diaryl/α,β-unsaturated/α-hetero) is 1. The summed E-state index contributed by atoms with van der Waals surface area (Å²) < 4.78 is 5.48. The van der Waals surface area contributed by atoms with Crippen molar-refractivity contribution in [2.24, 2.45) is 0 Å². The number of benzene rings is 2. The Labute approximate surface area is 126 Å². The molecule has 0 heterocycles. The lowest BCUT2D eigenvalue weighted by molar-refractivity contribution is -0.385. The number of halogens is 1. The lowest BCUT2D eigenvalue weighted by atomic mass is 10.1. The SMILES string of the molecule is CCC(=O)c1ccc(Oc2ccc(Cl)cc2[N+](=O)[O-])cc1. The number of carbonyl (C=O) groups is 1. The minimum atomic E-state index is -0.559. The van der Waals surface area contributed by atoms with Crippen LogP contribution in [0.4, 0.5) is 5.69 Å². The molecule has 2 rings (SSSR count). The Morgan fingerprint density at radius 3 is 2.48 bits per heavy atom. The largest absolute Gasteiger partial charge is 0.450 e. The van der Waals surface area contributed by atoms with Gasteiger partial charge in [-0.1, -0.05) is 18.5 Å². The standard InChI is InChI=1S/C15H12ClNO4/c1-2-14(18)10-3-6-12(7-4-10)21-15-8-5-11(16)9-13(15)17(19)20/h3-9H,2H2,1H3. The van der Waals surface area contributed by atoms with Gasteiger partial charge >= 0.3 is 5.69 Å². The summed E-state index contributed by atoms with van der Waals surface area (Å²) >= 11 is 5.74. The number of ketones is 1. The number of nitro benzene ring substituents is 1. The number of rotatable bonds is 5. The summed E-state index contributed by atoms with van der Waals surface area (Å²) in [5.41, 5.74) is 0.367. The molecule has 0 unspecified atom stereocenters. The minimum Gasteiger partial charge on any atom is -0.450 e. The van der Waals surface area contributed by atoms with Gasteiger partial charge in [-0.3, -0.25) is 14.9 Å². The molecule has 0 spiro atoms. The fourth-order valence-corrected chi connectivity index (χ4v) is 1.93. The second-order valence-electron chi connectivity index (χ2n) is 4.27. The zero-order chi connectivity index (χ0) is 15.4. The quantitative estimate of drug-likeness (QED) is 0.458. The van der Waals surface area contributed by atoms with Crippen molar-refractivity contribution in [2.75, 3.05) is 0 Å². The highest BCUT2D eigenvalue weighted by Crippen LogP contribution is 2.33. The Morgan fingerprint density at radius 2 is 1.90 bits per heavy atom. The molecule has 0 aliphatic carbocycles.